The molecule has 6 heteroatoms. The molecule has 5 rings (SSSR count). The molecule has 1 aliphatic heterocycles. The Morgan fingerprint density at radius 1 is 1.07 bits per heavy atom. The molecule has 0 bridgehead atoms. The molecule has 6 nitrogen and oxygen atoms in total. The van der Waals surface area contributed by atoms with Crippen LogP contribution in [0.15, 0.2) is 47.4 Å². The molecule has 0 spiro atoms. The zero-order chi connectivity index (χ0) is 20.3. The molecule has 2 N–H and O–H groups in total. The maximum absolute atomic E-state index is 13.5. The number of pyridine rings is 1. The molecule has 30 heavy (non-hydrogen) atoms. The zero-order valence-electron chi connectivity index (χ0n) is 17.3. The average Bonchev–Trinajstić information content (AvgIpc) is 3.30. The van der Waals surface area contributed by atoms with Crippen LogP contribution in [-0.4, -0.2) is 33.7 Å². The molecule has 0 radical (unpaired) electrons. The van der Waals surface area contributed by atoms with Crippen molar-refractivity contribution >= 4 is 17.0 Å². The summed E-state index contributed by atoms with van der Waals surface area (Å²) in [4.78, 5) is 23.0. The van der Waals surface area contributed by atoms with Crippen molar-refractivity contribution in [1.29, 1.82) is 0 Å². The van der Waals surface area contributed by atoms with E-state index in [4.69, 9.17) is 4.98 Å². The Balaban J connectivity index is 1.56. The molecule has 2 fully saturated rings. The lowest BCUT2D eigenvalue weighted by Crippen LogP contribution is -2.35. The number of benzene rings is 1. The van der Waals surface area contributed by atoms with E-state index in [1.54, 1.807) is 0 Å². The van der Waals surface area contributed by atoms with Gasteiger partial charge >= 0.3 is 0 Å². The number of aromatic nitrogens is 3. The highest BCUT2D eigenvalue weighted by atomic mass is 16.1. The third-order valence-electron chi connectivity index (χ3n) is 6.45. The van der Waals surface area contributed by atoms with Crippen molar-refractivity contribution in [1.82, 2.24) is 19.9 Å². The maximum Gasteiger partial charge on any atom is 0.256 e. The molecule has 1 aromatic carbocycles. The van der Waals surface area contributed by atoms with Gasteiger partial charge in [-0.15, -0.1) is 0 Å². The van der Waals surface area contributed by atoms with E-state index >= 15 is 0 Å². The van der Waals surface area contributed by atoms with Crippen LogP contribution in [0, 0.1) is 0 Å². The molecule has 0 unspecified atom stereocenters. The lowest BCUT2D eigenvalue weighted by Gasteiger charge is -2.24. The highest BCUT2D eigenvalue weighted by Gasteiger charge is 2.23. The summed E-state index contributed by atoms with van der Waals surface area (Å²) in [6.07, 6.45) is 9.08. The summed E-state index contributed by atoms with van der Waals surface area (Å²) < 4.78 is 1.97. The molecule has 1 saturated carbocycles. The molecule has 1 saturated heterocycles. The van der Waals surface area contributed by atoms with Crippen molar-refractivity contribution < 1.29 is 0 Å². The smallest absolute Gasteiger partial charge is 0.256 e. The predicted molar refractivity (Wildman–Crippen MR) is 120 cm³/mol. The van der Waals surface area contributed by atoms with Crippen molar-refractivity contribution in [2.45, 2.75) is 57.0 Å². The van der Waals surface area contributed by atoms with E-state index in [0.29, 0.717) is 18.4 Å². The average molecular weight is 404 g/mol. The largest absolute Gasteiger partial charge is 0.351 e. The van der Waals surface area contributed by atoms with E-state index in [1.807, 2.05) is 35.0 Å². The minimum absolute atomic E-state index is 0.102. The third kappa shape index (κ3) is 3.97. The minimum atomic E-state index is 0.102. The van der Waals surface area contributed by atoms with Gasteiger partial charge in [0.1, 0.15) is 5.65 Å². The van der Waals surface area contributed by atoms with Crippen molar-refractivity contribution in [2.24, 2.45) is 0 Å². The molecule has 3 aromatic rings. The maximum atomic E-state index is 13.5. The Hall–Kier alpha value is -2.73. The number of hydrogen-bond donors (Lipinski definition) is 2. The molecular formula is C24H29N5O. The Bertz CT molecular complexity index is 1070. The second-order valence-corrected chi connectivity index (χ2v) is 8.59. The van der Waals surface area contributed by atoms with Crippen LogP contribution in [0.3, 0.4) is 0 Å². The standard InChI is InChI=1S/C24H29N5O/c30-23-18(14-17-6-2-1-3-7-17)15-19-16-26-24(27-20-10-12-25-13-11-20)28-22(19)29(23)21-8-4-5-9-21/h1-3,6-7,15-16,20-21,25H,4-5,8-14H2,(H,26,27,28). The van der Waals surface area contributed by atoms with Gasteiger partial charge in [-0.25, -0.2) is 4.98 Å². The van der Waals surface area contributed by atoms with Crippen molar-refractivity contribution in [3.8, 4) is 0 Å². The molecule has 156 valence electrons. The van der Waals surface area contributed by atoms with Gasteiger partial charge in [0.25, 0.3) is 5.56 Å². The Morgan fingerprint density at radius 2 is 1.83 bits per heavy atom. The Kier molecular flexibility index (Phi) is 5.49. The first-order chi connectivity index (χ1) is 14.8. The van der Waals surface area contributed by atoms with Gasteiger partial charge in [0.05, 0.1) is 0 Å². The fourth-order valence-corrected chi connectivity index (χ4v) is 4.84. The molecule has 2 aromatic heterocycles. The van der Waals surface area contributed by atoms with E-state index < -0.39 is 0 Å². The predicted octanol–water partition coefficient (Wildman–Crippen LogP) is 3.66. The van der Waals surface area contributed by atoms with Crippen LogP contribution in [0.2, 0.25) is 0 Å². The summed E-state index contributed by atoms with van der Waals surface area (Å²) in [7, 11) is 0. The highest BCUT2D eigenvalue weighted by Crippen LogP contribution is 2.31. The fraction of sp³-hybridized carbons (Fsp3) is 0.458. The van der Waals surface area contributed by atoms with Crippen LogP contribution in [0.1, 0.15) is 55.7 Å². The summed E-state index contributed by atoms with van der Waals surface area (Å²) in [6, 6.07) is 12.8. The van der Waals surface area contributed by atoms with E-state index in [1.165, 1.54) is 12.8 Å². The Morgan fingerprint density at radius 3 is 2.60 bits per heavy atom. The monoisotopic (exact) mass is 403 g/mol. The summed E-state index contributed by atoms with van der Waals surface area (Å²) in [5.74, 6) is 0.636. The van der Waals surface area contributed by atoms with Gasteiger partial charge in [0.2, 0.25) is 5.95 Å². The van der Waals surface area contributed by atoms with Gasteiger partial charge < -0.3 is 10.6 Å². The first-order valence-electron chi connectivity index (χ1n) is 11.2. The van der Waals surface area contributed by atoms with Gasteiger partial charge in [0, 0.05) is 35.7 Å². The molecule has 2 aliphatic rings. The lowest BCUT2D eigenvalue weighted by molar-refractivity contribution is 0.477. The van der Waals surface area contributed by atoms with Crippen LogP contribution < -0.4 is 16.2 Å². The van der Waals surface area contributed by atoms with Crippen molar-refractivity contribution in [3.63, 3.8) is 0 Å². The minimum Gasteiger partial charge on any atom is -0.351 e. The van der Waals surface area contributed by atoms with Crippen LogP contribution >= 0.6 is 0 Å². The van der Waals surface area contributed by atoms with Gasteiger partial charge in [-0.3, -0.25) is 9.36 Å². The van der Waals surface area contributed by atoms with Crippen LogP contribution in [0.5, 0.6) is 0 Å². The van der Waals surface area contributed by atoms with Crippen LogP contribution in [-0.2, 0) is 6.42 Å². The summed E-state index contributed by atoms with van der Waals surface area (Å²) in [6.45, 7) is 2.03. The number of fused-ring (bicyclic) bond motifs is 1. The normalized spacial score (nSPS) is 18.1. The summed E-state index contributed by atoms with van der Waals surface area (Å²) in [5, 5.41) is 7.82. The second-order valence-electron chi connectivity index (χ2n) is 8.59. The van der Waals surface area contributed by atoms with E-state index in [2.05, 4.69) is 27.8 Å². The number of rotatable bonds is 5. The Labute approximate surface area is 176 Å². The number of piperidine rings is 1. The summed E-state index contributed by atoms with van der Waals surface area (Å²) >= 11 is 0. The fourth-order valence-electron chi connectivity index (χ4n) is 4.84. The van der Waals surface area contributed by atoms with Crippen LogP contribution in [0.4, 0.5) is 5.95 Å². The van der Waals surface area contributed by atoms with Gasteiger partial charge in [0.15, 0.2) is 0 Å². The van der Waals surface area contributed by atoms with E-state index in [9.17, 15) is 4.79 Å². The molecular weight excluding hydrogens is 374 g/mol. The van der Waals surface area contributed by atoms with Gasteiger partial charge in [-0.1, -0.05) is 43.2 Å². The van der Waals surface area contributed by atoms with E-state index in [-0.39, 0.29) is 11.6 Å². The number of nitrogens with zero attached hydrogens (tertiary/aromatic N) is 3. The molecule has 0 atom stereocenters. The van der Waals surface area contributed by atoms with Crippen LogP contribution in [0.25, 0.3) is 11.0 Å². The van der Waals surface area contributed by atoms with Gasteiger partial charge in [-0.2, -0.15) is 4.98 Å². The zero-order valence-corrected chi connectivity index (χ0v) is 17.3. The second kappa shape index (κ2) is 8.56. The molecule has 0 amide bonds. The molecule has 3 heterocycles. The SMILES string of the molecule is O=c1c(Cc2ccccc2)cc2cnc(NC3CCNCC3)nc2n1C1CCCC1. The number of hydrogen-bond acceptors (Lipinski definition) is 5. The topological polar surface area (TPSA) is 71.8 Å². The van der Waals surface area contributed by atoms with Gasteiger partial charge in [-0.05, 0) is 50.4 Å². The van der Waals surface area contributed by atoms with E-state index in [0.717, 1.165) is 60.9 Å². The first kappa shape index (κ1) is 19.2. The number of anilines is 1. The first-order valence-corrected chi connectivity index (χ1v) is 11.2. The highest BCUT2D eigenvalue weighted by molar-refractivity contribution is 5.76. The van der Waals surface area contributed by atoms with Crippen molar-refractivity contribution in [2.75, 3.05) is 18.4 Å². The van der Waals surface area contributed by atoms with Crippen molar-refractivity contribution in [3.05, 3.63) is 64.1 Å². The lowest BCUT2D eigenvalue weighted by atomic mass is 10.0. The quantitative estimate of drug-likeness (QED) is 0.680. The number of nitrogens with one attached hydrogen (secondary N) is 2. The third-order valence-corrected chi connectivity index (χ3v) is 6.45. The molecule has 1 aliphatic carbocycles. The summed E-state index contributed by atoms with van der Waals surface area (Å²) in [5.41, 5.74) is 2.85.